The van der Waals surface area contributed by atoms with Crippen LogP contribution in [0.5, 0.6) is 11.5 Å². The van der Waals surface area contributed by atoms with Crippen molar-refractivity contribution in [2.24, 2.45) is 0 Å². The topological polar surface area (TPSA) is 87.2 Å². The highest BCUT2D eigenvalue weighted by Crippen LogP contribution is 2.30. The minimum Gasteiger partial charge on any atom is -0.504 e. The number of halogens is 1. The molecular formula is C20H20FN3O4S. The van der Waals surface area contributed by atoms with Crippen LogP contribution in [0.3, 0.4) is 0 Å². The maximum Gasteiger partial charge on any atom is 0.279 e. The molecule has 0 saturated carbocycles. The molecule has 152 valence electrons. The molecule has 0 amide bonds. The van der Waals surface area contributed by atoms with Crippen LogP contribution >= 0.6 is 11.8 Å². The van der Waals surface area contributed by atoms with Crippen LogP contribution in [-0.4, -0.2) is 48.7 Å². The zero-order valence-corrected chi connectivity index (χ0v) is 16.4. The predicted molar refractivity (Wildman–Crippen MR) is 109 cm³/mol. The lowest BCUT2D eigenvalue weighted by Crippen LogP contribution is -2.35. The Balaban J connectivity index is 1.77. The Morgan fingerprint density at radius 2 is 1.62 bits per heavy atom. The number of nitrogens with zero attached hydrogens (tertiary/aromatic N) is 3. The highest BCUT2D eigenvalue weighted by molar-refractivity contribution is 7.99. The van der Waals surface area contributed by atoms with Crippen molar-refractivity contribution in [3.63, 3.8) is 0 Å². The van der Waals surface area contributed by atoms with Gasteiger partial charge in [0.25, 0.3) is 11.1 Å². The molecule has 0 atom stereocenters. The summed E-state index contributed by atoms with van der Waals surface area (Å²) in [5.74, 6) is 0.341. The molecule has 1 aromatic carbocycles. The lowest BCUT2D eigenvalue weighted by Gasteiger charge is -2.26. The van der Waals surface area contributed by atoms with E-state index in [1.54, 1.807) is 12.1 Å². The monoisotopic (exact) mass is 417 g/mol. The number of benzene rings is 1. The first kappa shape index (κ1) is 19.5. The van der Waals surface area contributed by atoms with Crippen LogP contribution in [-0.2, 0) is 13.1 Å². The Morgan fingerprint density at radius 3 is 2.31 bits per heavy atom. The summed E-state index contributed by atoms with van der Waals surface area (Å²) >= 11 is 1.83. The smallest absolute Gasteiger partial charge is 0.279 e. The van der Waals surface area contributed by atoms with Crippen LogP contribution in [0.25, 0.3) is 5.52 Å². The highest BCUT2D eigenvalue weighted by atomic mass is 32.2. The molecule has 0 unspecified atom stereocenters. The Bertz CT molecular complexity index is 1170. The third kappa shape index (κ3) is 3.75. The van der Waals surface area contributed by atoms with Crippen molar-refractivity contribution >= 4 is 17.3 Å². The molecule has 4 rings (SSSR count). The fourth-order valence-corrected chi connectivity index (χ4v) is 4.43. The average Bonchev–Trinajstić information content (AvgIpc) is 2.73. The van der Waals surface area contributed by atoms with E-state index >= 15 is 0 Å². The molecule has 2 aromatic heterocycles. The number of rotatable bonds is 4. The van der Waals surface area contributed by atoms with E-state index in [1.807, 2.05) is 16.7 Å². The molecule has 3 heterocycles. The second-order valence-electron chi connectivity index (χ2n) is 6.95. The van der Waals surface area contributed by atoms with Gasteiger partial charge in [-0.3, -0.25) is 18.9 Å². The first-order chi connectivity index (χ1) is 14.0. The van der Waals surface area contributed by atoms with Crippen molar-refractivity contribution in [3.8, 4) is 11.5 Å². The molecule has 7 nitrogen and oxygen atoms in total. The van der Waals surface area contributed by atoms with Gasteiger partial charge in [0.2, 0.25) is 0 Å². The highest BCUT2D eigenvalue weighted by Gasteiger charge is 2.22. The number of fused-ring (bicyclic) bond motifs is 1. The SMILES string of the molecule is O=c1c2c(O)c(O)c(CN3CCSCC3)c(=O)n2ccn1Cc1ccc(F)cc1. The summed E-state index contributed by atoms with van der Waals surface area (Å²) in [5.41, 5.74) is -0.677. The second kappa shape index (κ2) is 7.92. The van der Waals surface area contributed by atoms with Gasteiger partial charge in [-0.25, -0.2) is 4.39 Å². The molecule has 0 bridgehead atoms. The summed E-state index contributed by atoms with van der Waals surface area (Å²) in [4.78, 5) is 27.8. The summed E-state index contributed by atoms with van der Waals surface area (Å²) in [6.07, 6.45) is 2.84. The van der Waals surface area contributed by atoms with E-state index < -0.39 is 22.6 Å². The molecule has 1 aliphatic heterocycles. The average molecular weight is 417 g/mol. The Hall–Kier alpha value is -2.78. The van der Waals surface area contributed by atoms with E-state index in [4.69, 9.17) is 0 Å². The molecule has 1 fully saturated rings. The van der Waals surface area contributed by atoms with Crippen LogP contribution in [0.1, 0.15) is 11.1 Å². The molecule has 9 heteroatoms. The number of hydrogen-bond donors (Lipinski definition) is 2. The van der Waals surface area contributed by atoms with Gasteiger partial charge in [0.05, 0.1) is 12.1 Å². The van der Waals surface area contributed by atoms with Crippen molar-refractivity contribution in [1.82, 2.24) is 13.9 Å². The zero-order chi connectivity index (χ0) is 20.5. The van der Waals surface area contributed by atoms with Crippen molar-refractivity contribution < 1.29 is 14.6 Å². The normalized spacial score (nSPS) is 15.1. The third-order valence-corrected chi connectivity index (χ3v) is 6.01. The van der Waals surface area contributed by atoms with E-state index in [0.717, 1.165) is 29.0 Å². The number of aromatic hydroxyl groups is 2. The molecule has 0 radical (unpaired) electrons. The number of hydrogen-bond acceptors (Lipinski definition) is 6. The van der Waals surface area contributed by atoms with Crippen LogP contribution in [0.15, 0.2) is 46.2 Å². The van der Waals surface area contributed by atoms with Crippen LogP contribution in [0.2, 0.25) is 0 Å². The molecule has 0 spiro atoms. The van der Waals surface area contributed by atoms with E-state index in [-0.39, 0.29) is 30.0 Å². The minimum absolute atomic E-state index is 0.0718. The van der Waals surface area contributed by atoms with E-state index in [0.29, 0.717) is 5.56 Å². The first-order valence-electron chi connectivity index (χ1n) is 9.19. The molecule has 2 N–H and O–H groups in total. The maximum atomic E-state index is 13.1. The van der Waals surface area contributed by atoms with Gasteiger partial charge >= 0.3 is 0 Å². The molecule has 29 heavy (non-hydrogen) atoms. The van der Waals surface area contributed by atoms with Gasteiger partial charge < -0.3 is 14.8 Å². The standard InChI is InChI=1S/C20H20FN3O4S/c21-14-3-1-13(2-4-14)11-23-5-6-24-16(20(23)28)18(26)17(25)15(19(24)27)12-22-7-9-29-10-8-22/h1-6,25-26H,7-12H2. The van der Waals surface area contributed by atoms with Gasteiger partial charge in [-0.05, 0) is 17.7 Å². The number of thioether (sulfide) groups is 1. The van der Waals surface area contributed by atoms with Crippen molar-refractivity contribution in [2.45, 2.75) is 13.1 Å². The maximum absolute atomic E-state index is 13.1. The van der Waals surface area contributed by atoms with Gasteiger partial charge in [-0.1, -0.05) is 12.1 Å². The summed E-state index contributed by atoms with van der Waals surface area (Å²) in [7, 11) is 0. The van der Waals surface area contributed by atoms with Crippen molar-refractivity contribution in [1.29, 1.82) is 0 Å². The van der Waals surface area contributed by atoms with Gasteiger partial charge in [0.15, 0.2) is 17.0 Å². The molecule has 0 aliphatic carbocycles. The van der Waals surface area contributed by atoms with E-state index in [2.05, 4.69) is 0 Å². The Kier molecular flexibility index (Phi) is 5.33. The summed E-state index contributed by atoms with van der Waals surface area (Å²) < 4.78 is 15.5. The van der Waals surface area contributed by atoms with Crippen molar-refractivity contribution in [2.75, 3.05) is 24.6 Å². The largest absolute Gasteiger partial charge is 0.504 e. The summed E-state index contributed by atoms with van der Waals surface area (Å²) in [6, 6.07) is 5.69. The first-order valence-corrected chi connectivity index (χ1v) is 10.3. The van der Waals surface area contributed by atoms with Crippen LogP contribution < -0.4 is 11.1 Å². The summed E-state index contributed by atoms with van der Waals surface area (Å²) in [5, 5.41) is 21.0. The quantitative estimate of drug-likeness (QED) is 0.671. The predicted octanol–water partition coefficient (Wildman–Crippen LogP) is 1.61. The zero-order valence-electron chi connectivity index (χ0n) is 15.5. The molecule has 1 aliphatic rings. The van der Waals surface area contributed by atoms with E-state index in [1.165, 1.54) is 29.1 Å². The number of aromatic nitrogens is 2. The molecular weight excluding hydrogens is 397 g/mol. The third-order valence-electron chi connectivity index (χ3n) is 5.06. The number of pyridine rings is 1. The van der Waals surface area contributed by atoms with Crippen molar-refractivity contribution in [3.05, 3.63) is 74.3 Å². The van der Waals surface area contributed by atoms with Crippen LogP contribution in [0.4, 0.5) is 4.39 Å². The Morgan fingerprint density at radius 1 is 0.931 bits per heavy atom. The summed E-state index contributed by atoms with van der Waals surface area (Å²) in [6.45, 7) is 1.91. The van der Waals surface area contributed by atoms with Crippen LogP contribution in [0, 0.1) is 5.82 Å². The lowest BCUT2D eigenvalue weighted by atomic mass is 10.2. The Labute approximate surface area is 169 Å². The van der Waals surface area contributed by atoms with Gasteiger partial charge in [0.1, 0.15) is 5.82 Å². The molecule has 1 saturated heterocycles. The fourth-order valence-electron chi connectivity index (χ4n) is 3.45. The van der Waals surface area contributed by atoms with E-state index in [9.17, 15) is 24.2 Å². The van der Waals surface area contributed by atoms with Gasteiger partial charge in [0, 0.05) is 43.5 Å². The van der Waals surface area contributed by atoms with Gasteiger partial charge in [-0.15, -0.1) is 0 Å². The minimum atomic E-state index is -0.623. The second-order valence-corrected chi connectivity index (χ2v) is 8.17. The van der Waals surface area contributed by atoms with Gasteiger partial charge in [-0.2, -0.15) is 11.8 Å². The fraction of sp³-hybridized carbons (Fsp3) is 0.300. The lowest BCUT2D eigenvalue weighted by molar-refractivity contribution is 0.285. The molecule has 3 aromatic rings.